The molecule has 2 N–H and O–H groups in total. The second-order valence-electron chi connectivity index (χ2n) is 2.33. The molecule has 0 aromatic heterocycles. The van der Waals surface area contributed by atoms with Crippen molar-refractivity contribution in [3.8, 4) is 0 Å². The predicted octanol–water partition coefficient (Wildman–Crippen LogP) is 0.323. The van der Waals surface area contributed by atoms with Crippen molar-refractivity contribution in [1.29, 1.82) is 0 Å². The first-order valence-electron chi connectivity index (χ1n) is 3.13. The Bertz CT molecular complexity index is 305. The van der Waals surface area contributed by atoms with E-state index in [0.29, 0.717) is 4.35 Å². The monoisotopic (exact) mass is 232 g/mol. The van der Waals surface area contributed by atoms with Crippen LogP contribution in [0.2, 0.25) is 0 Å². The van der Waals surface area contributed by atoms with Crippen molar-refractivity contribution in [3.05, 3.63) is 29.8 Å². The van der Waals surface area contributed by atoms with Gasteiger partial charge in [0.15, 0.2) is 0 Å². The number of hydrogen-bond donors (Lipinski definition) is 2. The fourth-order valence-corrected chi connectivity index (χ4v) is 3.66. The van der Waals surface area contributed by atoms with Gasteiger partial charge in [0.05, 0.1) is 0 Å². The summed E-state index contributed by atoms with van der Waals surface area (Å²) in [6.07, 6.45) is 0. The molecular weight excluding hydrogens is 223 g/mol. The number of hydrogen-bond acceptors (Lipinski definition) is 1. The van der Waals surface area contributed by atoms with Gasteiger partial charge in [0, 0.05) is 0 Å². The fraction of sp³-hybridized carbons (Fsp3) is 0.143. The van der Waals surface area contributed by atoms with Gasteiger partial charge in [-0.2, -0.15) is 0 Å². The molecule has 0 bridgehead atoms. The first-order chi connectivity index (χ1) is 5.02. The molecular formula is C7H9AsO2S. The van der Waals surface area contributed by atoms with Gasteiger partial charge in [-0.1, -0.05) is 0 Å². The van der Waals surface area contributed by atoms with Gasteiger partial charge in [0.1, 0.15) is 0 Å². The summed E-state index contributed by atoms with van der Waals surface area (Å²) in [5.41, 5.74) is 0.861. The molecule has 60 valence electrons. The van der Waals surface area contributed by atoms with Crippen molar-refractivity contribution in [2.75, 3.05) is 0 Å². The summed E-state index contributed by atoms with van der Waals surface area (Å²) in [4.78, 5) is 0. The molecule has 4 heteroatoms. The van der Waals surface area contributed by atoms with Crippen LogP contribution in [0.4, 0.5) is 0 Å². The van der Waals surface area contributed by atoms with Crippen LogP contribution < -0.4 is 4.35 Å². The quantitative estimate of drug-likeness (QED) is 0.685. The van der Waals surface area contributed by atoms with E-state index < -0.39 is 12.6 Å². The summed E-state index contributed by atoms with van der Waals surface area (Å²) in [6.45, 7) is 1.82. The van der Waals surface area contributed by atoms with Crippen molar-refractivity contribution in [1.82, 2.24) is 0 Å². The SMILES string of the molecule is Cc1ccccc1[As](O)(O)=S. The molecule has 0 heterocycles. The van der Waals surface area contributed by atoms with E-state index in [1.165, 1.54) is 0 Å². The van der Waals surface area contributed by atoms with Crippen molar-refractivity contribution >= 4 is 27.3 Å². The Morgan fingerprint density at radius 3 is 2.18 bits per heavy atom. The van der Waals surface area contributed by atoms with Gasteiger partial charge in [-0.3, -0.25) is 0 Å². The topological polar surface area (TPSA) is 40.5 Å². The van der Waals surface area contributed by atoms with E-state index >= 15 is 0 Å². The Hall–Kier alpha value is -0.0816. The molecule has 0 fully saturated rings. The predicted molar refractivity (Wildman–Crippen MR) is 48.6 cm³/mol. The molecule has 1 aromatic carbocycles. The molecule has 0 radical (unpaired) electrons. The molecule has 0 aliphatic rings. The van der Waals surface area contributed by atoms with Gasteiger partial charge >= 0.3 is 72.2 Å². The number of aryl methyl sites for hydroxylation is 1. The third-order valence-electron chi connectivity index (χ3n) is 1.43. The van der Waals surface area contributed by atoms with Gasteiger partial charge in [-0.15, -0.1) is 0 Å². The Balaban J connectivity index is 3.25. The summed E-state index contributed by atoms with van der Waals surface area (Å²) >= 11 is -3.82. The third-order valence-corrected chi connectivity index (χ3v) is 4.82. The van der Waals surface area contributed by atoms with E-state index in [1.54, 1.807) is 12.1 Å². The second-order valence-corrected chi connectivity index (χ2v) is 8.27. The van der Waals surface area contributed by atoms with Crippen LogP contribution in [0.3, 0.4) is 0 Å². The fourth-order valence-electron chi connectivity index (χ4n) is 0.890. The van der Waals surface area contributed by atoms with E-state index in [1.807, 2.05) is 19.1 Å². The van der Waals surface area contributed by atoms with Crippen molar-refractivity contribution < 1.29 is 8.19 Å². The molecule has 11 heavy (non-hydrogen) atoms. The molecule has 0 amide bonds. The van der Waals surface area contributed by atoms with Crippen molar-refractivity contribution in [2.24, 2.45) is 0 Å². The molecule has 0 atom stereocenters. The average Bonchev–Trinajstić information content (AvgIpc) is 1.86. The number of benzene rings is 1. The zero-order chi connectivity index (χ0) is 8.48. The van der Waals surface area contributed by atoms with Crippen molar-refractivity contribution in [2.45, 2.75) is 6.92 Å². The van der Waals surface area contributed by atoms with Gasteiger partial charge in [-0.05, 0) is 0 Å². The first kappa shape index (κ1) is 9.01. The van der Waals surface area contributed by atoms with E-state index in [2.05, 4.69) is 10.4 Å². The Morgan fingerprint density at radius 1 is 1.27 bits per heavy atom. The molecule has 0 unspecified atom stereocenters. The van der Waals surface area contributed by atoms with Crippen molar-refractivity contribution in [3.63, 3.8) is 0 Å². The van der Waals surface area contributed by atoms with Crippen LogP contribution in [0.15, 0.2) is 24.3 Å². The van der Waals surface area contributed by atoms with Gasteiger partial charge in [-0.25, -0.2) is 0 Å². The summed E-state index contributed by atoms with van der Waals surface area (Å²) in [6, 6.07) is 7.11. The van der Waals surface area contributed by atoms with E-state index in [9.17, 15) is 8.19 Å². The standard InChI is InChI=1S/C7H9AsO2S/c1-6-4-2-3-5-7(6)8(9,10)11/h2-5H,1H3,(H2,9,10,11). The van der Waals surface area contributed by atoms with Gasteiger partial charge in [0.25, 0.3) is 0 Å². The second kappa shape index (κ2) is 3.11. The van der Waals surface area contributed by atoms with Crippen LogP contribution in [0.1, 0.15) is 5.56 Å². The number of rotatable bonds is 1. The van der Waals surface area contributed by atoms with Crippen LogP contribution in [0, 0.1) is 6.92 Å². The maximum absolute atomic E-state index is 9.21. The minimum absolute atomic E-state index is 0.542. The van der Waals surface area contributed by atoms with Crippen LogP contribution in [-0.4, -0.2) is 20.8 Å². The normalized spacial score (nSPS) is 11.5. The first-order valence-corrected chi connectivity index (χ1v) is 8.41. The van der Waals surface area contributed by atoms with Crippen LogP contribution in [0.25, 0.3) is 0 Å². The maximum atomic E-state index is 9.21. The average molecular weight is 232 g/mol. The van der Waals surface area contributed by atoms with E-state index in [4.69, 9.17) is 0 Å². The summed E-state index contributed by atoms with van der Waals surface area (Å²) < 4.78 is 19.0. The molecule has 0 saturated heterocycles. The molecule has 0 spiro atoms. The molecule has 0 aliphatic carbocycles. The minimum atomic E-state index is -3.82. The summed E-state index contributed by atoms with van der Waals surface area (Å²) in [5, 5.41) is 0. The summed E-state index contributed by atoms with van der Waals surface area (Å²) in [5.74, 6) is 0. The van der Waals surface area contributed by atoms with Crippen LogP contribution >= 0.6 is 10.4 Å². The Kier molecular flexibility index (Phi) is 2.55. The summed E-state index contributed by atoms with van der Waals surface area (Å²) in [7, 11) is 4.62. The molecule has 1 aromatic rings. The zero-order valence-electron chi connectivity index (χ0n) is 6.06. The molecule has 0 saturated carbocycles. The van der Waals surface area contributed by atoms with Crippen LogP contribution in [-0.2, 0) is 0 Å². The zero-order valence-corrected chi connectivity index (χ0v) is 8.75. The van der Waals surface area contributed by atoms with Gasteiger partial charge < -0.3 is 0 Å². The Labute approximate surface area is 72.4 Å². The molecule has 1 rings (SSSR count). The molecule has 0 aliphatic heterocycles. The van der Waals surface area contributed by atoms with E-state index in [0.717, 1.165) is 5.56 Å². The van der Waals surface area contributed by atoms with E-state index in [-0.39, 0.29) is 0 Å². The van der Waals surface area contributed by atoms with Crippen LogP contribution in [0.5, 0.6) is 0 Å². The Morgan fingerprint density at radius 2 is 1.82 bits per heavy atom. The third kappa shape index (κ3) is 2.17. The van der Waals surface area contributed by atoms with Gasteiger partial charge in [0.2, 0.25) is 0 Å². The molecule has 2 nitrogen and oxygen atoms in total.